The Kier molecular flexibility index (Phi) is 4.41. The van der Waals surface area contributed by atoms with E-state index in [1.165, 1.54) is 26.3 Å². The van der Waals surface area contributed by atoms with Gasteiger partial charge in [0.2, 0.25) is 11.8 Å². The van der Waals surface area contributed by atoms with Gasteiger partial charge in [-0.05, 0) is 6.07 Å². The fraction of sp³-hybridized carbons (Fsp3) is 0.400. The summed E-state index contributed by atoms with van der Waals surface area (Å²) in [5, 5.41) is 11.7. The van der Waals surface area contributed by atoms with Crippen molar-refractivity contribution in [1.82, 2.24) is 24.9 Å². The Morgan fingerprint density at radius 2 is 1.96 bits per heavy atom. The average molecular weight is 331 g/mol. The molecule has 9 nitrogen and oxygen atoms in total. The number of carbonyl (C=O) groups excluding carboxylic acids is 1. The third kappa shape index (κ3) is 3.34. The van der Waals surface area contributed by atoms with Crippen LogP contribution in [0.25, 0.3) is 0 Å². The van der Waals surface area contributed by atoms with Crippen LogP contribution in [0.15, 0.2) is 29.1 Å². The Morgan fingerprint density at radius 1 is 1.21 bits per heavy atom. The van der Waals surface area contributed by atoms with Crippen LogP contribution in [-0.4, -0.2) is 57.1 Å². The van der Waals surface area contributed by atoms with E-state index in [9.17, 15) is 9.59 Å². The van der Waals surface area contributed by atoms with Crippen LogP contribution in [0.1, 0.15) is 16.9 Å². The molecule has 0 aliphatic carbocycles. The lowest BCUT2D eigenvalue weighted by Crippen LogP contribution is -2.33. The second kappa shape index (κ2) is 6.65. The van der Waals surface area contributed by atoms with Gasteiger partial charge in [-0.15, -0.1) is 10.2 Å². The van der Waals surface area contributed by atoms with Gasteiger partial charge in [-0.2, -0.15) is 5.10 Å². The maximum absolute atomic E-state index is 12.4. The Morgan fingerprint density at radius 3 is 2.62 bits per heavy atom. The van der Waals surface area contributed by atoms with Gasteiger partial charge in [0.15, 0.2) is 0 Å². The molecule has 0 radical (unpaired) electrons. The van der Waals surface area contributed by atoms with Crippen molar-refractivity contribution in [3.05, 3.63) is 40.3 Å². The van der Waals surface area contributed by atoms with Crippen LogP contribution < -0.4 is 15.0 Å². The normalized spacial score (nSPS) is 16.9. The van der Waals surface area contributed by atoms with E-state index in [-0.39, 0.29) is 23.3 Å². The summed E-state index contributed by atoms with van der Waals surface area (Å²) in [6, 6.07) is 6.10. The molecular formula is C15H17N5O4. The standard InChI is InChI=1S/C15H17N5O4/c1-19-14(21)6-3-11(18-19)15(22)20-8-7-10(9-20)24-13-5-4-12(23-2)16-17-13/h3-6,10H,7-9H2,1-2H3/t10-/m1/s1. The first kappa shape index (κ1) is 15.9. The van der Waals surface area contributed by atoms with Crippen molar-refractivity contribution in [2.24, 2.45) is 7.05 Å². The third-order valence-corrected chi connectivity index (χ3v) is 3.72. The first-order chi connectivity index (χ1) is 11.6. The highest BCUT2D eigenvalue weighted by Crippen LogP contribution is 2.18. The molecule has 1 aliphatic rings. The maximum Gasteiger partial charge on any atom is 0.274 e. The summed E-state index contributed by atoms with van der Waals surface area (Å²) in [5.41, 5.74) is -0.0192. The van der Waals surface area contributed by atoms with Gasteiger partial charge >= 0.3 is 0 Å². The molecule has 1 saturated heterocycles. The van der Waals surface area contributed by atoms with Crippen molar-refractivity contribution < 1.29 is 14.3 Å². The van der Waals surface area contributed by atoms with Crippen molar-refractivity contribution in [2.45, 2.75) is 12.5 Å². The van der Waals surface area contributed by atoms with Crippen molar-refractivity contribution in [3.63, 3.8) is 0 Å². The van der Waals surface area contributed by atoms with E-state index in [4.69, 9.17) is 9.47 Å². The van der Waals surface area contributed by atoms with Gasteiger partial charge in [-0.25, -0.2) is 4.68 Å². The summed E-state index contributed by atoms with van der Waals surface area (Å²) in [5.74, 6) is 0.569. The predicted octanol–water partition coefficient (Wildman–Crippen LogP) is -0.128. The van der Waals surface area contributed by atoms with Crippen LogP contribution in [0, 0.1) is 0 Å². The maximum atomic E-state index is 12.4. The summed E-state index contributed by atoms with van der Waals surface area (Å²) in [7, 11) is 3.02. The third-order valence-electron chi connectivity index (χ3n) is 3.72. The number of aromatic nitrogens is 4. The highest BCUT2D eigenvalue weighted by Gasteiger charge is 2.29. The van der Waals surface area contributed by atoms with Crippen LogP contribution >= 0.6 is 0 Å². The molecule has 9 heteroatoms. The summed E-state index contributed by atoms with van der Waals surface area (Å²) >= 11 is 0. The topological polar surface area (TPSA) is 99.4 Å². The minimum atomic E-state index is -0.257. The molecule has 2 aromatic rings. The Balaban J connectivity index is 1.62. The molecule has 1 atom stereocenters. The molecule has 1 amide bonds. The number of rotatable bonds is 4. The van der Waals surface area contributed by atoms with Gasteiger partial charge in [-0.3, -0.25) is 9.59 Å². The van der Waals surface area contributed by atoms with Crippen LogP contribution in [-0.2, 0) is 7.05 Å². The van der Waals surface area contributed by atoms with Crippen molar-refractivity contribution in [2.75, 3.05) is 20.2 Å². The van der Waals surface area contributed by atoms with E-state index >= 15 is 0 Å². The molecular weight excluding hydrogens is 314 g/mol. The van der Waals surface area contributed by atoms with Gasteiger partial charge < -0.3 is 14.4 Å². The zero-order valence-electron chi connectivity index (χ0n) is 13.4. The molecule has 0 N–H and O–H groups in total. The quantitative estimate of drug-likeness (QED) is 0.769. The highest BCUT2D eigenvalue weighted by molar-refractivity contribution is 5.92. The number of likely N-dealkylation sites (tertiary alicyclic amines) is 1. The largest absolute Gasteiger partial charge is 0.480 e. The van der Waals surface area contributed by atoms with E-state index in [1.807, 2.05) is 0 Å². The smallest absolute Gasteiger partial charge is 0.274 e. The van der Waals surface area contributed by atoms with E-state index in [0.717, 1.165) is 4.68 Å². The number of aryl methyl sites for hydroxylation is 1. The molecule has 1 aliphatic heterocycles. The summed E-state index contributed by atoms with van der Waals surface area (Å²) in [6.45, 7) is 0.981. The van der Waals surface area contributed by atoms with E-state index in [1.54, 1.807) is 17.0 Å². The van der Waals surface area contributed by atoms with Crippen LogP contribution in [0.4, 0.5) is 0 Å². The van der Waals surface area contributed by atoms with Crippen LogP contribution in [0.3, 0.4) is 0 Å². The number of nitrogens with zero attached hydrogens (tertiary/aromatic N) is 5. The first-order valence-electron chi connectivity index (χ1n) is 7.45. The fourth-order valence-corrected chi connectivity index (χ4v) is 2.44. The Hall–Kier alpha value is -2.97. The Labute approximate surface area is 137 Å². The first-order valence-corrected chi connectivity index (χ1v) is 7.45. The second-order valence-electron chi connectivity index (χ2n) is 5.37. The predicted molar refractivity (Wildman–Crippen MR) is 83.0 cm³/mol. The number of amides is 1. The summed E-state index contributed by atoms with van der Waals surface area (Å²) in [4.78, 5) is 25.4. The summed E-state index contributed by atoms with van der Waals surface area (Å²) < 4.78 is 11.8. The van der Waals surface area contributed by atoms with E-state index in [0.29, 0.717) is 31.3 Å². The van der Waals surface area contributed by atoms with Crippen molar-refractivity contribution in [1.29, 1.82) is 0 Å². The monoisotopic (exact) mass is 331 g/mol. The molecule has 0 unspecified atom stereocenters. The van der Waals surface area contributed by atoms with Gasteiger partial charge in [-0.1, -0.05) is 0 Å². The van der Waals surface area contributed by atoms with E-state index in [2.05, 4.69) is 15.3 Å². The number of hydrogen-bond donors (Lipinski definition) is 0. The molecule has 0 saturated carbocycles. The SMILES string of the molecule is COc1ccc(O[C@@H]2CCN(C(=O)c3ccc(=O)n(C)n3)C2)nn1. The Bertz CT molecular complexity index is 789. The van der Waals surface area contributed by atoms with Gasteiger partial charge in [0.1, 0.15) is 11.8 Å². The minimum absolute atomic E-state index is 0.163. The lowest BCUT2D eigenvalue weighted by molar-refractivity contribution is 0.0762. The minimum Gasteiger partial charge on any atom is -0.480 e. The van der Waals surface area contributed by atoms with Gasteiger partial charge in [0.05, 0.1) is 13.7 Å². The van der Waals surface area contributed by atoms with Gasteiger partial charge in [0.25, 0.3) is 11.5 Å². The molecule has 0 aromatic carbocycles. The average Bonchev–Trinajstić information content (AvgIpc) is 3.06. The molecule has 24 heavy (non-hydrogen) atoms. The van der Waals surface area contributed by atoms with E-state index < -0.39 is 0 Å². The summed E-state index contributed by atoms with van der Waals surface area (Å²) in [6.07, 6.45) is 0.523. The molecule has 1 fully saturated rings. The molecule has 0 spiro atoms. The zero-order chi connectivity index (χ0) is 17.1. The molecule has 3 rings (SSSR count). The molecule has 3 heterocycles. The number of hydrogen-bond acceptors (Lipinski definition) is 7. The number of methoxy groups -OCH3 is 1. The lowest BCUT2D eigenvalue weighted by Gasteiger charge is -2.16. The van der Waals surface area contributed by atoms with Crippen molar-refractivity contribution >= 4 is 5.91 Å². The van der Waals surface area contributed by atoms with Crippen LogP contribution in [0.5, 0.6) is 11.8 Å². The molecule has 2 aromatic heterocycles. The zero-order valence-corrected chi connectivity index (χ0v) is 13.4. The lowest BCUT2D eigenvalue weighted by atomic mass is 10.3. The molecule has 0 bridgehead atoms. The fourth-order valence-electron chi connectivity index (χ4n) is 2.44. The van der Waals surface area contributed by atoms with Gasteiger partial charge in [0, 0.05) is 38.2 Å². The second-order valence-corrected chi connectivity index (χ2v) is 5.37. The highest BCUT2D eigenvalue weighted by atomic mass is 16.5. The molecule has 126 valence electrons. The van der Waals surface area contributed by atoms with Crippen LogP contribution in [0.2, 0.25) is 0 Å². The van der Waals surface area contributed by atoms with Crippen molar-refractivity contribution in [3.8, 4) is 11.8 Å². The number of ether oxygens (including phenoxy) is 2. The number of carbonyl (C=O) groups is 1.